The molecule has 5 heteroatoms. The number of piperidine rings is 1. The quantitative estimate of drug-likeness (QED) is 0.842. The van der Waals surface area contributed by atoms with E-state index in [1.807, 2.05) is 0 Å². The van der Waals surface area contributed by atoms with Crippen LogP contribution in [0.3, 0.4) is 0 Å². The van der Waals surface area contributed by atoms with Crippen molar-refractivity contribution < 1.29 is 14.0 Å². The van der Waals surface area contributed by atoms with Gasteiger partial charge < -0.3 is 4.90 Å². The summed E-state index contributed by atoms with van der Waals surface area (Å²) in [4.78, 5) is 25.6. The second-order valence-electron chi connectivity index (χ2n) is 5.21. The van der Waals surface area contributed by atoms with E-state index in [-0.39, 0.29) is 17.7 Å². The van der Waals surface area contributed by atoms with E-state index in [0.717, 1.165) is 19.3 Å². The predicted molar refractivity (Wildman–Crippen MR) is 78.1 cm³/mol. The summed E-state index contributed by atoms with van der Waals surface area (Å²) < 4.78 is 14.0. The van der Waals surface area contributed by atoms with E-state index in [1.165, 1.54) is 19.1 Å². The highest BCUT2D eigenvalue weighted by atomic mass is 79.9. The molecule has 1 saturated heterocycles. The summed E-state index contributed by atoms with van der Waals surface area (Å²) >= 11 is 3.20. The van der Waals surface area contributed by atoms with Crippen molar-refractivity contribution >= 4 is 27.6 Å². The molecule has 0 aromatic heterocycles. The zero-order valence-electron chi connectivity index (χ0n) is 11.4. The van der Waals surface area contributed by atoms with Crippen LogP contribution in [0, 0.1) is 5.82 Å². The Morgan fingerprint density at radius 3 is 2.75 bits per heavy atom. The molecule has 1 fully saturated rings. The Kier molecular flexibility index (Phi) is 4.91. The molecular weight excluding hydrogens is 325 g/mol. The first-order chi connectivity index (χ1) is 9.47. The van der Waals surface area contributed by atoms with Crippen LogP contribution in [-0.2, 0) is 4.79 Å². The number of likely N-dealkylation sites (tertiary alicyclic amines) is 1. The smallest absolute Gasteiger partial charge is 0.254 e. The highest BCUT2D eigenvalue weighted by molar-refractivity contribution is 9.10. The Bertz CT molecular complexity index is 512. The summed E-state index contributed by atoms with van der Waals surface area (Å²) in [6, 6.07) is 4.12. The molecule has 2 rings (SSSR count). The number of hydrogen-bond acceptors (Lipinski definition) is 2. The first-order valence-electron chi connectivity index (χ1n) is 6.74. The average molecular weight is 342 g/mol. The second kappa shape index (κ2) is 6.48. The zero-order chi connectivity index (χ0) is 14.7. The van der Waals surface area contributed by atoms with Gasteiger partial charge in [-0.3, -0.25) is 9.59 Å². The van der Waals surface area contributed by atoms with Crippen LogP contribution in [0.2, 0.25) is 0 Å². The average Bonchev–Trinajstić information content (AvgIpc) is 2.36. The number of amides is 1. The van der Waals surface area contributed by atoms with Crippen molar-refractivity contribution in [1.29, 1.82) is 0 Å². The van der Waals surface area contributed by atoms with E-state index in [1.54, 1.807) is 11.0 Å². The standard InChI is InChI=1S/C15H17BrFNO2/c1-10(19)6-14-4-2-3-5-18(14)15(20)11-7-12(16)9-13(17)8-11/h7-9,14H,2-6H2,1H3. The van der Waals surface area contributed by atoms with E-state index in [4.69, 9.17) is 0 Å². The minimum atomic E-state index is -0.442. The number of nitrogens with zero attached hydrogens (tertiary/aromatic N) is 1. The van der Waals surface area contributed by atoms with Gasteiger partial charge in [0.1, 0.15) is 11.6 Å². The number of ketones is 1. The first-order valence-corrected chi connectivity index (χ1v) is 7.53. The SMILES string of the molecule is CC(=O)CC1CCCCN1C(=O)c1cc(F)cc(Br)c1. The molecule has 0 radical (unpaired) electrons. The van der Waals surface area contributed by atoms with Gasteiger partial charge in [-0.25, -0.2) is 4.39 Å². The number of Topliss-reactive ketones (excluding diaryl/α,β-unsaturated/α-hetero) is 1. The van der Waals surface area contributed by atoms with Crippen LogP contribution in [0.5, 0.6) is 0 Å². The van der Waals surface area contributed by atoms with Gasteiger partial charge in [0.25, 0.3) is 5.91 Å². The van der Waals surface area contributed by atoms with Crippen LogP contribution in [0.25, 0.3) is 0 Å². The first kappa shape index (κ1) is 15.2. The highest BCUT2D eigenvalue weighted by Gasteiger charge is 2.28. The van der Waals surface area contributed by atoms with Gasteiger partial charge in [0.2, 0.25) is 0 Å². The second-order valence-corrected chi connectivity index (χ2v) is 6.13. The van der Waals surface area contributed by atoms with Crippen LogP contribution < -0.4 is 0 Å². The Morgan fingerprint density at radius 2 is 2.10 bits per heavy atom. The number of benzene rings is 1. The molecule has 1 aromatic rings. The number of carbonyl (C=O) groups excluding carboxylic acids is 2. The Morgan fingerprint density at radius 1 is 1.35 bits per heavy atom. The zero-order valence-corrected chi connectivity index (χ0v) is 13.0. The van der Waals surface area contributed by atoms with Crippen molar-refractivity contribution in [3.8, 4) is 0 Å². The maximum atomic E-state index is 13.4. The Balaban J connectivity index is 2.22. The summed E-state index contributed by atoms with van der Waals surface area (Å²) in [5, 5.41) is 0. The summed E-state index contributed by atoms with van der Waals surface area (Å²) in [7, 11) is 0. The highest BCUT2D eigenvalue weighted by Crippen LogP contribution is 2.24. The van der Waals surface area contributed by atoms with Crippen molar-refractivity contribution in [3.05, 3.63) is 34.1 Å². The van der Waals surface area contributed by atoms with Crippen LogP contribution in [-0.4, -0.2) is 29.2 Å². The topological polar surface area (TPSA) is 37.4 Å². The molecule has 0 aliphatic carbocycles. The normalized spacial score (nSPS) is 18.9. The lowest BCUT2D eigenvalue weighted by Gasteiger charge is -2.35. The Labute approximate surface area is 126 Å². The molecule has 1 atom stereocenters. The summed E-state index contributed by atoms with van der Waals surface area (Å²) in [5.74, 6) is -0.561. The molecule has 1 aliphatic rings. The minimum absolute atomic E-state index is 0.0595. The minimum Gasteiger partial charge on any atom is -0.335 e. The summed E-state index contributed by atoms with van der Waals surface area (Å²) in [6.45, 7) is 2.17. The molecule has 3 nitrogen and oxygen atoms in total. The van der Waals surface area contributed by atoms with Gasteiger partial charge in [0.15, 0.2) is 0 Å². The number of carbonyl (C=O) groups is 2. The van der Waals surface area contributed by atoms with E-state index >= 15 is 0 Å². The van der Waals surface area contributed by atoms with Gasteiger partial charge >= 0.3 is 0 Å². The fraction of sp³-hybridized carbons (Fsp3) is 0.467. The van der Waals surface area contributed by atoms with Crippen LogP contribution in [0.4, 0.5) is 4.39 Å². The third-order valence-electron chi connectivity index (χ3n) is 3.52. The van der Waals surface area contributed by atoms with Crippen LogP contribution >= 0.6 is 15.9 Å². The van der Waals surface area contributed by atoms with E-state index in [0.29, 0.717) is 23.0 Å². The molecule has 0 N–H and O–H groups in total. The molecule has 20 heavy (non-hydrogen) atoms. The number of hydrogen-bond donors (Lipinski definition) is 0. The Hall–Kier alpha value is -1.23. The van der Waals surface area contributed by atoms with E-state index in [2.05, 4.69) is 15.9 Å². The van der Waals surface area contributed by atoms with Gasteiger partial charge in [-0.2, -0.15) is 0 Å². The van der Waals surface area contributed by atoms with Crippen molar-refractivity contribution in [2.45, 2.75) is 38.6 Å². The van der Waals surface area contributed by atoms with E-state index < -0.39 is 5.82 Å². The van der Waals surface area contributed by atoms with E-state index in [9.17, 15) is 14.0 Å². The molecule has 108 valence electrons. The van der Waals surface area contributed by atoms with Crippen molar-refractivity contribution in [2.75, 3.05) is 6.54 Å². The summed E-state index contributed by atoms with van der Waals surface area (Å²) in [6.07, 6.45) is 3.16. The molecule has 1 heterocycles. The molecule has 1 unspecified atom stereocenters. The van der Waals surface area contributed by atoms with Crippen molar-refractivity contribution in [2.24, 2.45) is 0 Å². The third kappa shape index (κ3) is 3.66. The lowest BCUT2D eigenvalue weighted by molar-refractivity contribution is -0.118. The lowest BCUT2D eigenvalue weighted by atomic mass is 9.97. The van der Waals surface area contributed by atoms with Gasteiger partial charge in [-0.1, -0.05) is 15.9 Å². The van der Waals surface area contributed by atoms with Crippen LogP contribution in [0.1, 0.15) is 43.0 Å². The lowest BCUT2D eigenvalue weighted by Crippen LogP contribution is -2.44. The number of rotatable bonds is 3. The largest absolute Gasteiger partial charge is 0.335 e. The molecule has 0 saturated carbocycles. The third-order valence-corrected chi connectivity index (χ3v) is 3.98. The van der Waals surface area contributed by atoms with Crippen LogP contribution in [0.15, 0.2) is 22.7 Å². The fourth-order valence-electron chi connectivity index (χ4n) is 2.66. The molecule has 1 aliphatic heterocycles. The predicted octanol–water partition coefficient (Wildman–Crippen LogP) is 3.56. The maximum absolute atomic E-state index is 13.4. The molecule has 1 amide bonds. The monoisotopic (exact) mass is 341 g/mol. The van der Waals surface area contributed by atoms with Crippen molar-refractivity contribution in [1.82, 2.24) is 4.90 Å². The molecular formula is C15H17BrFNO2. The van der Waals surface area contributed by atoms with Gasteiger partial charge in [-0.15, -0.1) is 0 Å². The molecule has 0 spiro atoms. The van der Waals surface area contributed by atoms with Gasteiger partial charge in [0, 0.05) is 29.0 Å². The maximum Gasteiger partial charge on any atom is 0.254 e. The van der Waals surface area contributed by atoms with Gasteiger partial charge in [-0.05, 0) is 44.4 Å². The fourth-order valence-corrected chi connectivity index (χ4v) is 3.12. The van der Waals surface area contributed by atoms with Crippen molar-refractivity contribution in [3.63, 3.8) is 0 Å². The molecule has 0 bridgehead atoms. The van der Waals surface area contributed by atoms with Gasteiger partial charge in [0.05, 0.1) is 0 Å². The number of halogens is 2. The molecule has 1 aromatic carbocycles. The summed E-state index contributed by atoms with van der Waals surface area (Å²) in [5.41, 5.74) is 0.326.